The highest BCUT2D eigenvalue weighted by atomic mass is 35.5. The molecule has 0 aliphatic carbocycles. The van der Waals surface area contributed by atoms with Crippen LogP contribution in [0.15, 0.2) is 85.5 Å². The summed E-state index contributed by atoms with van der Waals surface area (Å²) in [4.78, 5) is 13.8. The molecule has 1 atom stereocenters. The summed E-state index contributed by atoms with van der Waals surface area (Å²) in [5.41, 5.74) is 6.03. The monoisotopic (exact) mass is 491 g/mol. The fourth-order valence-electron chi connectivity index (χ4n) is 4.76. The molecule has 0 amide bonds. The van der Waals surface area contributed by atoms with E-state index in [1.807, 2.05) is 61.5 Å². The second-order valence-electron chi connectivity index (χ2n) is 8.55. The van der Waals surface area contributed by atoms with E-state index in [4.69, 9.17) is 26.4 Å². The molecule has 0 radical (unpaired) electrons. The summed E-state index contributed by atoms with van der Waals surface area (Å²) >= 11 is 6.29. The van der Waals surface area contributed by atoms with Crippen molar-refractivity contribution in [1.82, 2.24) is 34.3 Å². The van der Waals surface area contributed by atoms with E-state index in [1.165, 1.54) is 0 Å². The molecule has 6 aromatic rings. The minimum atomic E-state index is -0.208. The fraction of sp³-hybridized carbons (Fsp3) is 0.0741. The molecule has 1 aliphatic heterocycles. The van der Waals surface area contributed by atoms with E-state index in [9.17, 15) is 0 Å². The molecule has 0 spiro atoms. The Morgan fingerprint density at radius 1 is 0.944 bits per heavy atom. The maximum absolute atomic E-state index is 6.45. The Morgan fingerprint density at radius 2 is 1.83 bits per heavy atom. The SMILES string of the molecule is Cc1nn(-c2cccc(Cl)c2)c2c1C(c1ccccc1)c1c(ncn3nc(-c4cccnc4)nc13)O2. The first-order valence-electron chi connectivity index (χ1n) is 11.4. The number of aryl methyl sites for hydroxylation is 1. The third-order valence-corrected chi connectivity index (χ3v) is 6.56. The molecule has 36 heavy (non-hydrogen) atoms. The van der Waals surface area contributed by atoms with Crippen molar-refractivity contribution in [2.24, 2.45) is 0 Å². The highest BCUT2D eigenvalue weighted by Crippen LogP contribution is 2.49. The van der Waals surface area contributed by atoms with Gasteiger partial charge in [-0.3, -0.25) is 4.98 Å². The number of aromatic nitrogens is 7. The van der Waals surface area contributed by atoms with Gasteiger partial charge < -0.3 is 4.74 Å². The van der Waals surface area contributed by atoms with Gasteiger partial charge in [-0.25, -0.2) is 19.2 Å². The van der Waals surface area contributed by atoms with Crippen LogP contribution in [0.1, 0.15) is 28.3 Å². The van der Waals surface area contributed by atoms with Gasteiger partial charge in [-0.2, -0.15) is 5.10 Å². The molecular weight excluding hydrogens is 474 g/mol. The first-order chi connectivity index (χ1) is 17.7. The highest BCUT2D eigenvalue weighted by molar-refractivity contribution is 6.30. The van der Waals surface area contributed by atoms with Crippen LogP contribution in [0, 0.1) is 6.92 Å². The van der Waals surface area contributed by atoms with Crippen LogP contribution in [0.25, 0.3) is 22.7 Å². The van der Waals surface area contributed by atoms with E-state index in [2.05, 4.69) is 27.2 Å². The Bertz CT molecular complexity index is 1750. The van der Waals surface area contributed by atoms with Crippen molar-refractivity contribution in [3.8, 4) is 28.8 Å². The van der Waals surface area contributed by atoms with Crippen molar-refractivity contribution >= 4 is 17.2 Å². The van der Waals surface area contributed by atoms with Crippen LogP contribution in [0.4, 0.5) is 0 Å². The normalized spacial score (nSPS) is 14.3. The maximum Gasteiger partial charge on any atom is 0.230 e. The zero-order chi connectivity index (χ0) is 24.2. The molecule has 1 aliphatic rings. The highest BCUT2D eigenvalue weighted by Gasteiger charge is 2.38. The predicted molar refractivity (Wildman–Crippen MR) is 135 cm³/mol. The van der Waals surface area contributed by atoms with Gasteiger partial charge in [0, 0.05) is 23.0 Å². The average Bonchev–Trinajstić information content (AvgIpc) is 3.50. The summed E-state index contributed by atoms with van der Waals surface area (Å²) in [5, 5.41) is 10.1. The van der Waals surface area contributed by atoms with Gasteiger partial charge >= 0.3 is 0 Å². The quantitative estimate of drug-likeness (QED) is 0.319. The predicted octanol–water partition coefficient (Wildman–Crippen LogP) is 5.62. The zero-order valence-electron chi connectivity index (χ0n) is 19.1. The number of pyridine rings is 1. The van der Waals surface area contributed by atoms with Gasteiger partial charge in [0.25, 0.3) is 0 Å². The van der Waals surface area contributed by atoms with Crippen molar-refractivity contribution in [2.45, 2.75) is 12.8 Å². The van der Waals surface area contributed by atoms with Gasteiger partial charge in [0.1, 0.15) is 6.33 Å². The smallest absolute Gasteiger partial charge is 0.230 e. The average molecular weight is 492 g/mol. The summed E-state index contributed by atoms with van der Waals surface area (Å²) < 4.78 is 9.93. The molecule has 0 N–H and O–H groups in total. The summed E-state index contributed by atoms with van der Waals surface area (Å²) in [6, 6.07) is 21.6. The summed E-state index contributed by atoms with van der Waals surface area (Å²) in [6.45, 7) is 1.99. The molecule has 4 aromatic heterocycles. The van der Waals surface area contributed by atoms with Gasteiger partial charge in [0.05, 0.1) is 28.4 Å². The minimum absolute atomic E-state index is 0.208. The lowest BCUT2D eigenvalue weighted by Gasteiger charge is -2.26. The van der Waals surface area contributed by atoms with E-state index in [-0.39, 0.29) is 5.92 Å². The van der Waals surface area contributed by atoms with Crippen molar-refractivity contribution in [3.05, 3.63) is 113 Å². The van der Waals surface area contributed by atoms with Crippen LogP contribution in [0.5, 0.6) is 11.8 Å². The van der Waals surface area contributed by atoms with Gasteiger partial charge in [-0.15, -0.1) is 5.10 Å². The number of hydrogen-bond acceptors (Lipinski definition) is 6. The molecule has 174 valence electrons. The van der Waals surface area contributed by atoms with E-state index >= 15 is 0 Å². The molecular formula is C27H18ClN7O. The molecule has 0 saturated heterocycles. The van der Waals surface area contributed by atoms with Crippen LogP contribution in [0.2, 0.25) is 5.02 Å². The first kappa shape index (κ1) is 20.8. The van der Waals surface area contributed by atoms with Crippen molar-refractivity contribution in [1.29, 1.82) is 0 Å². The minimum Gasteiger partial charge on any atom is -0.420 e. The standard InChI is InChI=1S/C27H18ClN7O/c1-16-21-22(17-7-3-2-4-8-17)23-25-31-24(18-9-6-12-29-14-18)33-34(25)15-30-26(23)36-27(21)35(32-16)20-11-5-10-19(28)13-20/h2-15,22H,1H3. The van der Waals surface area contributed by atoms with Crippen LogP contribution in [0.3, 0.4) is 0 Å². The number of nitrogens with zero attached hydrogens (tertiary/aromatic N) is 7. The molecule has 0 bridgehead atoms. The van der Waals surface area contributed by atoms with E-state index in [1.54, 1.807) is 27.9 Å². The third kappa shape index (κ3) is 3.19. The maximum atomic E-state index is 6.45. The topological polar surface area (TPSA) is 83.0 Å². The summed E-state index contributed by atoms with van der Waals surface area (Å²) in [6.07, 6.45) is 5.10. The largest absolute Gasteiger partial charge is 0.420 e. The Hall–Kier alpha value is -4.56. The lowest BCUT2D eigenvalue weighted by Crippen LogP contribution is -2.16. The van der Waals surface area contributed by atoms with Crippen LogP contribution < -0.4 is 4.74 Å². The van der Waals surface area contributed by atoms with Crippen LogP contribution in [-0.2, 0) is 0 Å². The lowest BCUT2D eigenvalue weighted by atomic mass is 9.84. The molecule has 0 fully saturated rings. The van der Waals surface area contributed by atoms with E-state index in [0.717, 1.165) is 33.6 Å². The molecule has 9 heteroatoms. The van der Waals surface area contributed by atoms with Gasteiger partial charge in [-0.1, -0.05) is 48.0 Å². The molecule has 0 saturated carbocycles. The third-order valence-electron chi connectivity index (χ3n) is 6.33. The molecule has 8 nitrogen and oxygen atoms in total. The van der Waals surface area contributed by atoms with Crippen molar-refractivity contribution in [3.63, 3.8) is 0 Å². The second kappa shape index (κ2) is 8.00. The summed E-state index contributed by atoms with van der Waals surface area (Å²) in [7, 11) is 0. The molecule has 5 heterocycles. The molecule has 1 unspecified atom stereocenters. The fourth-order valence-corrected chi connectivity index (χ4v) is 4.94. The van der Waals surface area contributed by atoms with E-state index < -0.39 is 0 Å². The summed E-state index contributed by atoms with van der Waals surface area (Å²) in [5.74, 6) is 1.44. The Kier molecular flexibility index (Phi) is 4.62. The number of ether oxygens (including phenoxy) is 1. The lowest BCUT2D eigenvalue weighted by molar-refractivity contribution is 0.402. The Morgan fingerprint density at radius 3 is 2.64 bits per heavy atom. The number of fused-ring (bicyclic) bond motifs is 4. The zero-order valence-corrected chi connectivity index (χ0v) is 19.8. The van der Waals surface area contributed by atoms with Gasteiger partial charge in [0.15, 0.2) is 11.5 Å². The number of benzene rings is 2. The number of rotatable bonds is 3. The number of hydrogen-bond donors (Lipinski definition) is 0. The molecule has 2 aromatic carbocycles. The first-order valence-corrected chi connectivity index (χ1v) is 11.8. The van der Waals surface area contributed by atoms with Crippen molar-refractivity contribution in [2.75, 3.05) is 0 Å². The van der Waals surface area contributed by atoms with Crippen LogP contribution in [-0.4, -0.2) is 34.3 Å². The Balaban J connectivity index is 1.49. The second-order valence-corrected chi connectivity index (χ2v) is 8.99. The van der Waals surface area contributed by atoms with Gasteiger partial charge in [0.2, 0.25) is 11.8 Å². The van der Waals surface area contributed by atoms with Gasteiger partial charge in [-0.05, 0) is 42.8 Å². The molecule has 7 rings (SSSR count). The van der Waals surface area contributed by atoms with Crippen LogP contribution >= 0.6 is 11.6 Å². The number of halogens is 1. The van der Waals surface area contributed by atoms with E-state index in [0.29, 0.717) is 28.3 Å². The Labute approximate surface area is 210 Å². The van der Waals surface area contributed by atoms with Crippen molar-refractivity contribution < 1.29 is 4.74 Å².